The molecule has 0 aromatic heterocycles. The number of nitrogens with zero attached hydrogens (tertiary/aromatic N) is 1. The van der Waals surface area contributed by atoms with Crippen molar-refractivity contribution in [1.82, 2.24) is 0 Å². The Balaban J connectivity index is 3.14. The van der Waals surface area contributed by atoms with Crippen molar-refractivity contribution < 1.29 is 19.0 Å². The highest BCUT2D eigenvalue weighted by Crippen LogP contribution is 2.39. The fourth-order valence-electron chi connectivity index (χ4n) is 1.41. The maximum Gasteiger partial charge on any atom is 0.265 e. The number of ether oxygens (including phenoxy) is 3. The number of carbonyl (C=O) groups excluding carboxylic acids is 1. The predicted octanol–water partition coefficient (Wildman–Crippen LogP) is 1.73. The lowest BCUT2D eigenvalue weighted by Gasteiger charge is -2.14. The van der Waals surface area contributed by atoms with Crippen molar-refractivity contribution >= 4 is 11.6 Å². The van der Waals surface area contributed by atoms with Crippen molar-refractivity contribution in [1.29, 1.82) is 5.26 Å². The number of anilines is 1. The van der Waals surface area contributed by atoms with E-state index in [9.17, 15) is 4.79 Å². The molecule has 1 aromatic carbocycles. The van der Waals surface area contributed by atoms with Gasteiger partial charge in [-0.2, -0.15) is 5.26 Å². The summed E-state index contributed by atoms with van der Waals surface area (Å²) in [6, 6.07) is 4.79. The van der Waals surface area contributed by atoms with Crippen LogP contribution in [0.3, 0.4) is 0 Å². The van der Waals surface area contributed by atoms with E-state index >= 15 is 0 Å². The van der Waals surface area contributed by atoms with Gasteiger partial charge in [0.05, 0.1) is 21.3 Å². The number of rotatable bonds is 5. The largest absolute Gasteiger partial charge is 0.493 e. The van der Waals surface area contributed by atoms with E-state index in [1.165, 1.54) is 21.3 Å². The minimum atomic E-state index is -0.586. The molecule has 1 aromatic rings. The second-order valence-corrected chi connectivity index (χ2v) is 3.46. The lowest BCUT2D eigenvalue weighted by molar-refractivity contribution is -0.112. The highest BCUT2D eigenvalue weighted by atomic mass is 16.5. The first-order valence-corrected chi connectivity index (χ1v) is 5.27. The van der Waals surface area contributed by atoms with Gasteiger partial charge in [-0.15, -0.1) is 0 Å². The monoisotopic (exact) mass is 262 g/mol. The van der Waals surface area contributed by atoms with Gasteiger partial charge in [0.15, 0.2) is 11.5 Å². The number of hydrogen-bond acceptors (Lipinski definition) is 5. The highest BCUT2D eigenvalue weighted by molar-refractivity contribution is 6.06. The van der Waals surface area contributed by atoms with Crippen molar-refractivity contribution in [2.75, 3.05) is 26.6 Å². The molecule has 0 heterocycles. The second-order valence-electron chi connectivity index (χ2n) is 3.46. The lowest BCUT2D eigenvalue weighted by Crippen LogP contribution is -2.13. The minimum absolute atomic E-state index is 0.186. The predicted molar refractivity (Wildman–Crippen MR) is 69.5 cm³/mol. The Morgan fingerprint density at radius 2 is 1.74 bits per heavy atom. The average Bonchev–Trinajstić information content (AvgIpc) is 2.44. The summed E-state index contributed by atoms with van der Waals surface area (Å²) in [5, 5.41) is 11.1. The summed E-state index contributed by atoms with van der Waals surface area (Å²) in [4.78, 5) is 11.6. The standard InChI is InChI=1S/C13H14N2O4/c1-8(7-14)13(16)15-9-5-10(17-2)12(19-4)11(6-9)18-3/h5-6H,1H2,2-4H3,(H,15,16). The number of nitrogens with one attached hydrogen (secondary N) is 1. The number of amides is 1. The van der Waals surface area contributed by atoms with Crippen LogP contribution >= 0.6 is 0 Å². The molecule has 0 aliphatic heterocycles. The maximum absolute atomic E-state index is 11.6. The zero-order valence-electron chi connectivity index (χ0n) is 10.9. The van der Waals surface area contributed by atoms with Crippen molar-refractivity contribution in [2.45, 2.75) is 0 Å². The maximum atomic E-state index is 11.6. The Bertz CT molecular complexity index is 521. The topological polar surface area (TPSA) is 80.6 Å². The first-order chi connectivity index (χ1) is 9.07. The van der Waals surface area contributed by atoms with Gasteiger partial charge in [0.1, 0.15) is 11.6 Å². The van der Waals surface area contributed by atoms with Crippen LogP contribution in [0.2, 0.25) is 0 Å². The molecular weight excluding hydrogens is 248 g/mol. The molecule has 1 rings (SSSR count). The van der Waals surface area contributed by atoms with Crippen molar-refractivity contribution in [3.8, 4) is 23.3 Å². The Labute approximate surface area is 111 Å². The average molecular weight is 262 g/mol. The third kappa shape index (κ3) is 3.16. The first-order valence-electron chi connectivity index (χ1n) is 5.27. The summed E-state index contributed by atoms with van der Waals surface area (Å²) in [5.74, 6) is 0.637. The molecule has 1 amide bonds. The molecular formula is C13H14N2O4. The van der Waals surface area contributed by atoms with E-state index in [4.69, 9.17) is 19.5 Å². The third-order valence-electron chi connectivity index (χ3n) is 2.33. The van der Waals surface area contributed by atoms with Crippen molar-refractivity contribution in [3.05, 3.63) is 24.3 Å². The van der Waals surface area contributed by atoms with Crippen LogP contribution in [0.1, 0.15) is 0 Å². The summed E-state index contributed by atoms with van der Waals surface area (Å²) >= 11 is 0. The zero-order chi connectivity index (χ0) is 14.4. The molecule has 19 heavy (non-hydrogen) atoms. The number of carbonyl (C=O) groups is 1. The van der Waals surface area contributed by atoms with Crippen LogP contribution in [0.15, 0.2) is 24.3 Å². The fourth-order valence-corrected chi connectivity index (χ4v) is 1.41. The van der Waals surface area contributed by atoms with E-state index in [2.05, 4.69) is 11.9 Å². The van der Waals surface area contributed by atoms with Gasteiger partial charge in [-0.05, 0) is 0 Å². The molecule has 0 aliphatic rings. The summed E-state index contributed by atoms with van der Waals surface area (Å²) in [6.07, 6.45) is 0. The van der Waals surface area contributed by atoms with E-state index < -0.39 is 5.91 Å². The molecule has 0 spiro atoms. The Morgan fingerprint density at radius 1 is 1.21 bits per heavy atom. The molecule has 0 radical (unpaired) electrons. The first kappa shape index (κ1) is 14.4. The minimum Gasteiger partial charge on any atom is -0.493 e. The van der Waals surface area contributed by atoms with Gasteiger partial charge in [0, 0.05) is 17.8 Å². The Hall–Kier alpha value is -2.68. The van der Waals surface area contributed by atoms with E-state index in [1.807, 2.05) is 0 Å². The molecule has 0 saturated heterocycles. The molecule has 0 bridgehead atoms. The second kappa shape index (κ2) is 6.31. The molecule has 6 heteroatoms. The van der Waals surface area contributed by atoms with Gasteiger partial charge < -0.3 is 19.5 Å². The lowest BCUT2D eigenvalue weighted by atomic mass is 10.2. The van der Waals surface area contributed by atoms with E-state index in [0.717, 1.165) is 0 Å². The number of methoxy groups -OCH3 is 3. The molecule has 0 unspecified atom stereocenters. The van der Waals surface area contributed by atoms with E-state index in [-0.39, 0.29) is 5.57 Å². The van der Waals surface area contributed by atoms with Gasteiger partial charge in [0.25, 0.3) is 5.91 Å². The normalized spacial score (nSPS) is 9.16. The van der Waals surface area contributed by atoms with Crippen LogP contribution in [-0.4, -0.2) is 27.2 Å². The summed E-state index contributed by atoms with van der Waals surface area (Å²) in [7, 11) is 4.42. The summed E-state index contributed by atoms with van der Waals surface area (Å²) in [6.45, 7) is 3.33. The molecule has 0 aliphatic carbocycles. The van der Waals surface area contributed by atoms with Crippen LogP contribution < -0.4 is 19.5 Å². The summed E-state index contributed by atoms with van der Waals surface area (Å²) in [5.41, 5.74) is 0.227. The van der Waals surface area contributed by atoms with Crippen LogP contribution in [0.25, 0.3) is 0 Å². The van der Waals surface area contributed by atoms with Crippen LogP contribution in [0.4, 0.5) is 5.69 Å². The van der Waals surface area contributed by atoms with Gasteiger partial charge >= 0.3 is 0 Å². The number of hydrogen-bond donors (Lipinski definition) is 1. The van der Waals surface area contributed by atoms with Gasteiger partial charge in [0.2, 0.25) is 5.75 Å². The van der Waals surface area contributed by atoms with Gasteiger partial charge in [-0.25, -0.2) is 0 Å². The highest BCUT2D eigenvalue weighted by Gasteiger charge is 2.15. The molecule has 100 valence electrons. The Morgan fingerprint density at radius 3 is 2.11 bits per heavy atom. The summed E-state index contributed by atoms with van der Waals surface area (Å²) < 4.78 is 15.4. The van der Waals surface area contributed by atoms with Crippen LogP contribution in [0.5, 0.6) is 17.2 Å². The zero-order valence-corrected chi connectivity index (χ0v) is 10.9. The molecule has 6 nitrogen and oxygen atoms in total. The van der Waals surface area contributed by atoms with Crippen LogP contribution in [0, 0.1) is 11.3 Å². The van der Waals surface area contributed by atoms with E-state index in [0.29, 0.717) is 22.9 Å². The third-order valence-corrected chi connectivity index (χ3v) is 2.33. The number of benzene rings is 1. The van der Waals surface area contributed by atoms with E-state index in [1.54, 1.807) is 18.2 Å². The van der Waals surface area contributed by atoms with Crippen LogP contribution in [-0.2, 0) is 4.79 Å². The fraction of sp³-hybridized carbons (Fsp3) is 0.231. The van der Waals surface area contributed by atoms with Crippen molar-refractivity contribution in [3.63, 3.8) is 0 Å². The van der Waals surface area contributed by atoms with Gasteiger partial charge in [-0.1, -0.05) is 6.58 Å². The molecule has 0 saturated carbocycles. The Kier molecular flexibility index (Phi) is 4.77. The van der Waals surface area contributed by atoms with Gasteiger partial charge in [-0.3, -0.25) is 4.79 Å². The number of nitriles is 1. The molecule has 0 atom stereocenters. The molecule has 1 N–H and O–H groups in total. The molecule has 0 fully saturated rings. The van der Waals surface area contributed by atoms with Crippen molar-refractivity contribution in [2.24, 2.45) is 0 Å². The quantitative estimate of drug-likeness (QED) is 0.645. The smallest absolute Gasteiger partial charge is 0.265 e. The SMILES string of the molecule is C=C(C#N)C(=O)Nc1cc(OC)c(OC)c(OC)c1.